The van der Waals surface area contributed by atoms with Crippen molar-refractivity contribution in [3.05, 3.63) is 0 Å². The second-order valence-electron chi connectivity index (χ2n) is 11.2. The van der Waals surface area contributed by atoms with Gasteiger partial charge in [0.25, 0.3) is 5.91 Å². The van der Waals surface area contributed by atoms with Gasteiger partial charge in [0.1, 0.15) is 30.6 Å². The van der Waals surface area contributed by atoms with Crippen LogP contribution in [0.1, 0.15) is 81.2 Å². The minimum absolute atomic E-state index is 0. The predicted octanol–water partition coefficient (Wildman–Crippen LogP) is 5.81. The van der Waals surface area contributed by atoms with Crippen molar-refractivity contribution in [3.63, 3.8) is 0 Å². The molecule has 2 unspecified atom stereocenters. The molecule has 1 amide bonds. The molecule has 1 aliphatic heterocycles. The molecule has 0 spiro atoms. The van der Waals surface area contributed by atoms with Crippen LogP contribution < -0.4 is 5.32 Å². The van der Waals surface area contributed by atoms with Crippen LogP contribution >= 0.6 is 0 Å². The van der Waals surface area contributed by atoms with Crippen molar-refractivity contribution in [1.82, 2.24) is 5.32 Å². The number of amides is 1. The normalized spacial score (nSPS) is 18.5. The van der Waals surface area contributed by atoms with Gasteiger partial charge in [-0.1, -0.05) is 26.7 Å². The van der Waals surface area contributed by atoms with E-state index in [1.54, 1.807) is 6.92 Å². The number of carbonyl (C=O) groups is 1. The molecule has 0 radical (unpaired) electrons. The molecule has 1 rings (SSSR count). The third-order valence-electron chi connectivity index (χ3n) is 6.06. The van der Waals surface area contributed by atoms with Crippen molar-refractivity contribution in [2.75, 3.05) is 13.2 Å². The fourth-order valence-electron chi connectivity index (χ4n) is 3.65. The number of ether oxygens (including phenoxy) is 2. The highest BCUT2D eigenvalue weighted by atomic mass is 19.1. The summed E-state index contributed by atoms with van der Waals surface area (Å²) >= 11 is 0. The maximum atomic E-state index is 15.3. The third kappa shape index (κ3) is 20.8. The lowest BCUT2D eigenvalue weighted by Gasteiger charge is -2.40. The molecule has 7 atom stereocenters. The summed E-state index contributed by atoms with van der Waals surface area (Å²) in [5.41, 5.74) is -0.0204. The zero-order valence-corrected chi connectivity index (χ0v) is 28.5. The number of halogens is 1. The molecule has 1 fully saturated rings. The number of nitrogens with one attached hydrogen (secondary N) is 1. The Morgan fingerprint density at radius 2 is 1.18 bits per heavy atom. The number of alkyl halides is 1. The molecule has 304 valence electrons. The average Bonchev–Trinajstić information content (AvgIpc) is 3.09. The van der Waals surface area contributed by atoms with Gasteiger partial charge in [-0.3, -0.25) is 4.79 Å². The number of aliphatic hydroxyl groups is 4. The largest absolute Gasteiger partial charge is 0.394 e. The molecule has 1 saturated heterocycles. The van der Waals surface area contributed by atoms with Crippen LogP contribution in [0.25, 0.3) is 0 Å². The molecule has 0 bridgehead atoms. The predicted molar refractivity (Wildman–Crippen MR) is 240 cm³/mol. The molecule has 8 nitrogen and oxygen atoms in total. The maximum absolute atomic E-state index is 15.3. The molecule has 1 aliphatic rings. The Kier molecular flexibility index (Phi) is 21.7. The van der Waals surface area contributed by atoms with E-state index in [9.17, 15) is 25.2 Å². The van der Waals surface area contributed by atoms with Crippen LogP contribution in [-0.4, -0.2) is 82.5 Å². The molecule has 0 aliphatic carbocycles. The first-order chi connectivity index (χ1) is 24.5. The van der Waals surface area contributed by atoms with Crippen molar-refractivity contribution in [1.29, 1.82) is 0 Å². The molecule has 5 N–H and O–H groups in total. The van der Waals surface area contributed by atoms with Gasteiger partial charge >= 0.3 is 0 Å². The molecule has 0 aromatic rings. The first kappa shape index (κ1) is 42.9. The van der Waals surface area contributed by atoms with Crippen LogP contribution in [0.3, 0.4) is 0 Å². The number of carbonyl (C=O) groups excluding carboxylic acids is 1. The van der Waals surface area contributed by atoms with Gasteiger partial charge < -0.3 is 35.2 Å². The summed E-state index contributed by atoms with van der Waals surface area (Å²) in [6, 6.07) is -1.20. The fraction of sp³-hybridized carbons (Fsp3) is 0.405. The Balaban J connectivity index is -0.0000000493. The summed E-state index contributed by atoms with van der Waals surface area (Å²) in [5, 5.41) is 42.0. The monoisotopic (exact) mass is 732 g/mol. The van der Waals surface area contributed by atoms with Gasteiger partial charge in [-0.05, 0) is 126 Å². The van der Waals surface area contributed by atoms with Crippen molar-refractivity contribution >= 4 is 5.91 Å². The first-order valence-electron chi connectivity index (χ1n) is 15.3. The standard InChI is InChI=1S/C42H34FNO7.24H2/c1-5-6-7-8-9-10-11-12-13-14-15-16-17-18-19-20-21-22-23-24-25-26-27-30-37(46)44-35(34(43)29-28-31-42(2,3)4)33-50-41-40(49)39(48)38(47)36(32-45)51-41;;;;;;;;;;;;;;;;;;;;;;;;/h34-36,38-41,45,47-49H,28-29,31-33H2,1-4H3,(H,44,46);24*1H/t34-,35+,36?,38+,39+,40?,41+;;;;;;;;;;;;;;;;;;;;;;;;/m1......................../s1. The zero-order chi connectivity index (χ0) is 37.7. The SMILES string of the molecule is CC#CC#CC#CC#CC#CC#CC#CC#CC#CC#CC#CC#CC(=O)N[C@@H](CO[C@H]1OC(CO)[C@H](O)[C@H](O)C1O)[C@H](F)CCCC(C)(C)C.[HH].[HH].[HH].[HH].[HH].[HH].[HH].[HH].[HH].[HH].[HH].[HH].[HH].[HH].[HH].[HH].[HH].[HH].[HH].[HH].[HH].[HH].[HH].[HH]. The highest BCUT2D eigenvalue weighted by molar-refractivity contribution is 5.94. The van der Waals surface area contributed by atoms with Crippen molar-refractivity contribution in [3.8, 4) is 142 Å². The number of aliphatic hydroxyl groups excluding tert-OH is 4. The smallest absolute Gasteiger partial charge is 0.297 e. The molecule has 0 aromatic carbocycles. The van der Waals surface area contributed by atoms with E-state index in [4.69, 9.17) is 9.47 Å². The van der Waals surface area contributed by atoms with Gasteiger partial charge in [-0.2, -0.15) is 0 Å². The Labute approximate surface area is 336 Å². The number of hydrogen-bond donors (Lipinski definition) is 5. The summed E-state index contributed by atoms with van der Waals surface area (Å²) in [5.74, 6) is 58.2. The fourth-order valence-corrected chi connectivity index (χ4v) is 3.65. The van der Waals surface area contributed by atoms with Crippen LogP contribution in [0.15, 0.2) is 0 Å². The van der Waals surface area contributed by atoms with Gasteiger partial charge in [-0.25, -0.2) is 4.39 Å². The van der Waals surface area contributed by atoms with E-state index in [-0.39, 0.29) is 46.1 Å². The molecule has 0 saturated carbocycles. The van der Waals surface area contributed by atoms with Gasteiger partial charge in [0, 0.05) is 75.7 Å². The second kappa shape index (κ2) is 25.8. The lowest BCUT2D eigenvalue weighted by Crippen LogP contribution is -2.59. The Morgan fingerprint density at radius 1 is 0.745 bits per heavy atom. The van der Waals surface area contributed by atoms with Crippen LogP contribution in [0.5, 0.6) is 0 Å². The van der Waals surface area contributed by atoms with Gasteiger partial charge in [0.15, 0.2) is 6.29 Å². The molecule has 0 aromatic heterocycles. The Morgan fingerprint density at radius 3 is 1.59 bits per heavy atom. The first-order valence-corrected chi connectivity index (χ1v) is 15.3. The maximum Gasteiger partial charge on any atom is 0.297 e. The van der Waals surface area contributed by atoms with Crippen LogP contribution in [0.4, 0.5) is 4.39 Å². The second-order valence-corrected chi connectivity index (χ2v) is 11.2. The topological polar surface area (TPSA) is 128 Å². The summed E-state index contributed by atoms with van der Waals surface area (Å²) in [6.07, 6.45) is -7.81. The van der Waals surface area contributed by atoms with E-state index < -0.39 is 62.0 Å². The zero-order valence-electron chi connectivity index (χ0n) is 28.5. The van der Waals surface area contributed by atoms with Gasteiger partial charge in [0.2, 0.25) is 0 Å². The highest BCUT2D eigenvalue weighted by Gasteiger charge is 2.44. The van der Waals surface area contributed by atoms with Gasteiger partial charge in [-0.15, -0.1) is 0 Å². The van der Waals surface area contributed by atoms with Crippen LogP contribution in [0.2, 0.25) is 0 Å². The molecule has 1 heterocycles. The third-order valence-corrected chi connectivity index (χ3v) is 6.06. The van der Waals surface area contributed by atoms with Crippen LogP contribution in [0, 0.1) is 148 Å². The summed E-state index contributed by atoms with van der Waals surface area (Å²) in [4.78, 5) is 12.4. The van der Waals surface area contributed by atoms with E-state index in [2.05, 4.69) is 147 Å². The quantitative estimate of drug-likeness (QED) is 0.190. The number of hydrogen-bond acceptors (Lipinski definition) is 7. The minimum atomic E-state index is -1.68. The number of rotatable bonds is 9. The molecular weight excluding hydrogens is 649 g/mol. The minimum Gasteiger partial charge on any atom is -0.394 e. The molecular formula is C42H82FNO7. The lowest BCUT2D eigenvalue weighted by molar-refractivity contribution is -0.302. The van der Waals surface area contributed by atoms with Gasteiger partial charge in [0.05, 0.1) is 19.3 Å². The summed E-state index contributed by atoms with van der Waals surface area (Å²) < 4.78 is 26.0. The summed E-state index contributed by atoms with van der Waals surface area (Å²) in [7, 11) is 0. The highest BCUT2D eigenvalue weighted by Crippen LogP contribution is 2.25. The Bertz CT molecular complexity index is 2080. The molecule has 51 heavy (non-hydrogen) atoms. The van der Waals surface area contributed by atoms with E-state index in [1.807, 2.05) is 20.8 Å². The summed E-state index contributed by atoms with van der Waals surface area (Å²) in [6.45, 7) is 6.64. The van der Waals surface area contributed by atoms with E-state index in [1.165, 1.54) is 0 Å². The van der Waals surface area contributed by atoms with E-state index >= 15 is 4.39 Å². The van der Waals surface area contributed by atoms with Crippen molar-refractivity contribution < 1.29 is 73.3 Å². The van der Waals surface area contributed by atoms with E-state index in [0.29, 0.717) is 6.42 Å². The van der Waals surface area contributed by atoms with Crippen molar-refractivity contribution in [2.24, 2.45) is 5.41 Å². The van der Waals surface area contributed by atoms with Crippen LogP contribution in [-0.2, 0) is 14.3 Å². The molecule has 9 heteroatoms. The average molecular weight is 732 g/mol. The Hall–Kier alpha value is -6.12. The van der Waals surface area contributed by atoms with Crippen molar-refractivity contribution in [2.45, 2.75) is 89.9 Å². The van der Waals surface area contributed by atoms with E-state index in [0.717, 1.165) is 6.42 Å². The lowest BCUT2D eigenvalue weighted by atomic mass is 9.89.